The fourth-order valence-electron chi connectivity index (χ4n) is 2.11. The molecule has 0 aliphatic carbocycles. The Morgan fingerprint density at radius 1 is 1.18 bits per heavy atom. The van der Waals surface area contributed by atoms with Gasteiger partial charge in [0.25, 0.3) is 0 Å². The first-order valence-electron chi connectivity index (χ1n) is 7.77. The third kappa shape index (κ3) is 6.58. The second-order valence-electron chi connectivity index (χ2n) is 5.09. The smallest absolute Gasteiger partial charge is 0.307 e. The highest BCUT2D eigenvalue weighted by Crippen LogP contribution is 2.13. The van der Waals surface area contributed by atoms with E-state index in [1.54, 1.807) is 31.2 Å². The maximum atomic E-state index is 12.5. The normalized spacial score (nSPS) is 12.0. The van der Waals surface area contributed by atoms with Crippen LogP contribution in [0.5, 0.6) is 0 Å². The van der Waals surface area contributed by atoms with Gasteiger partial charge in [-0.25, -0.2) is 0 Å². The van der Waals surface area contributed by atoms with Gasteiger partial charge in [0.05, 0.1) is 19.1 Å². The molecule has 1 atom stereocenters. The second-order valence-corrected chi connectivity index (χ2v) is 5.53. The van der Waals surface area contributed by atoms with E-state index in [0.717, 1.165) is 19.3 Å². The van der Waals surface area contributed by atoms with Crippen molar-refractivity contribution in [3.05, 3.63) is 34.9 Å². The molecule has 1 N–H and O–H groups in total. The summed E-state index contributed by atoms with van der Waals surface area (Å²) in [4.78, 5) is 24.2. The summed E-state index contributed by atoms with van der Waals surface area (Å²) < 4.78 is 4.95. The Morgan fingerprint density at radius 3 is 2.45 bits per heavy atom. The highest BCUT2D eigenvalue weighted by atomic mass is 35.5. The van der Waals surface area contributed by atoms with Crippen LogP contribution in [0, 0.1) is 0 Å². The van der Waals surface area contributed by atoms with Gasteiger partial charge in [-0.1, -0.05) is 31.4 Å². The predicted octanol–water partition coefficient (Wildman–Crippen LogP) is 3.62. The number of ether oxygens (including phenoxy) is 1. The molecule has 1 unspecified atom stereocenters. The number of Topliss-reactive ketones (excluding diaryl/α,β-unsaturated/α-hetero) is 1. The van der Waals surface area contributed by atoms with Gasteiger partial charge in [-0.3, -0.25) is 9.59 Å². The zero-order valence-corrected chi connectivity index (χ0v) is 14.0. The van der Waals surface area contributed by atoms with Crippen LogP contribution in [-0.2, 0) is 9.53 Å². The van der Waals surface area contributed by atoms with Crippen molar-refractivity contribution in [2.24, 2.45) is 0 Å². The zero-order chi connectivity index (χ0) is 16.4. The van der Waals surface area contributed by atoms with Crippen LogP contribution in [0.1, 0.15) is 49.9 Å². The first-order chi connectivity index (χ1) is 10.6. The summed E-state index contributed by atoms with van der Waals surface area (Å²) in [5.41, 5.74) is 0.543. The quantitative estimate of drug-likeness (QED) is 0.405. The average Bonchev–Trinajstić information content (AvgIpc) is 2.50. The molecule has 22 heavy (non-hydrogen) atoms. The molecule has 0 bridgehead atoms. The predicted molar refractivity (Wildman–Crippen MR) is 88.3 cm³/mol. The molecule has 0 aliphatic rings. The molecule has 0 radical (unpaired) electrons. The van der Waals surface area contributed by atoms with Crippen molar-refractivity contribution in [2.45, 2.75) is 45.6 Å². The Morgan fingerprint density at radius 2 is 1.86 bits per heavy atom. The van der Waals surface area contributed by atoms with Crippen LogP contribution < -0.4 is 5.32 Å². The molecule has 1 aromatic rings. The van der Waals surface area contributed by atoms with E-state index < -0.39 is 6.04 Å². The Labute approximate surface area is 137 Å². The second kappa shape index (κ2) is 10.4. The van der Waals surface area contributed by atoms with E-state index in [1.165, 1.54) is 0 Å². The van der Waals surface area contributed by atoms with Crippen molar-refractivity contribution in [1.29, 1.82) is 0 Å². The van der Waals surface area contributed by atoms with Crippen molar-refractivity contribution < 1.29 is 14.3 Å². The van der Waals surface area contributed by atoms with Crippen molar-refractivity contribution in [3.63, 3.8) is 0 Å². The minimum atomic E-state index is -0.558. The van der Waals surface area contributed by atoms with Crippen LogP contribution in [0.3, 0.4) is 0 Å². The van der Waals surface area contributed by atoms with Gasteiger partial charge in [0.2, 0.25) is 0 Å². The lowest BCUT2D eigenvalue weighted by molar-refractivity contribution is -0.143. The first-order valence-corrected chi connectivity index (χ1v) is 8.15. The van der Waals surface area contributed by atoms with Gasteiger partial charge in [-0.05, 0) is 44.2 Å². The summed E-state index contributed by atoms with van der Waals surface area (Å²) in [6.07, 6.45) is 3.22. The van der Waals surface area contributed by atoms with Gasteiger partial charge >= 0.3 is 5.97 Å². The number of hydrogen-bond donors (Lipinski definition) is 1. The van der Waals surface area contributed by atoms with Crippen LogP contribution in [0.15, 0.2) is 24.3 Å². The standard InChI is InChI=1S/C17H24ClNO3/c1-3-5-6-11-19-15(12-16(20)22-4-2)17(21)13-7-9-14(18)10-8-13/h7-10,15,19H,3-6,11-12H2,1-2H3. The van der Waals surface area contributed by atoms with E-state index in [1.807, 2.05) is 0 Å². The van der Waals surface area contributed by atoms with Gasteiger partial charge in [0.15, 0.2) is 5.78 Å². The minimum absolute atomic E-state index is 0.0431. The molecular formula is C17H24ClNO3. The Kier molecular flexibility index (Phi) is 8.78. The molecular weight excluding hydrogens is 302 g/mol. The largest absolute Gasteiger partial charge is 0.466 e. The molecule has 5 heteroatoms. The molecule has 0 saturated carbocycles. The molecule has 1 rings (SSSR count). The van der Waals surface area contributed by atoms with E-state index in [4.69, 9.17) is 16.3 Å². The maximum Gasteiger partial charge on any atom is 0.307 e. The number of unbranched alkanes of at least 4 members (excludes halogenated alkanes) is 2. The van der Waals surface area contributed by atoms with Crippen LogP contribution in [-0.4, -0.2) is 30.9 Å². The number of benzene rings is 1. The van der Waals surface area contributed by atoms with Crippen LogP contribution in [0.25, 0.3) is 0 Å². The third-order valence-electron chi connectivity index (χ3n) is 3.29. The van der Waals surface area contributed by atoms with E-state index in [-0.39, 0.29) is 18.2 Å². The van der Waals surface area contributed by atoms with Gasteiger partial charge < -0.3 is 10.1 Å². The number of carbonyl (C=O) groups is 2. The van der Waals surface area contributed by atoms with Crippen LogP contribution in [0.4, 0.5) is 0 Å². The summed E-state index contributed by atoms with van der Waals surface area (Å²) in [7, 11) is 0. The average molecular weight is 326 g/mol. The Bertz CT molecular complexity index is 473. The topological polar surface area (TPSA) is 55.4 Å². The third-order valence-corrected chi connectivity index (χ3v) is 3.54. The molecule has 0 heterocycles. The summed E-state index contributed by atoms with van der Waals surface area (Å²) >= 11 is 5.84. The van der Waals surface area contributed by atoms with Crippen LogP contribution >= 0.6 is 11.6 Å². The first kappa shape index (κ1) is 18.7. The SMILES string of the molecule is CCCCCNC(CC(=O)OCC)C(=O)c1ccc(Cl)cc1. The Balaban J connectivity index is 2.71. The summed E-state index contributed by atoms with van der Waals surface area (Å²) in [5, 5.41) is 3.75. The lowest BCUT2D eigenvalue weighted by Crippen LogP contribution is -2.39. The monoisotopic (exact) mass is 325 g/mol. The minimum Gasteiger partial charge on any atom is -0.466 e. The van der Waals surface area contributed by atoms with Crippen molar-refractivity contribution in [1.82, 2.24) is 5.32 Å². The van der Waals surface area contributed by atoms with E-state index in [0.29, 0.717) is 23.7 Å². The van der Waals surface area contributed by atoms with E-state index >= 15 is 0 Å². The zero-order valence-electron chi connectivity index (χ0n) is 13.2. The van der Waals surface area contributed by atoms with Crippen molar-refractivity contribution >= 4 is 23.4 Å². The van der Waals surface area contributed by atoms with Crippen molar-refractivity contribution in [2.75, 3.05) is 13.2 Å². The van der Waals surface area contributed by atoms with Crippen LogP contribution in [0.2, 0.25) is 5.02 Å². The molecule has 1 aromatic carbocycles. The lowest BCUT2D eigenvalue weighted by atomic mass is 10.0. The summed E-state index contributed by atoms with van der Waals surface area (Å²) in [6.45, 7) is 4.89. The molecule has 0 spiro atoms. The molecule has 0 saturated heterocycles. The maximum absolute atomic E-state index is 12.5. The number of rotatable bonds is 10. The molecule has 4 nitrogen and oxygen atoms in total. The molecule has 0 aromatic heterocycles. The van der Waals surface area contributed by atoms with E-state index in [9.17, 15) is 9.59 Å². The van der Waals surface area contributed by atoms with Gasteiger partial charge in [0.1, 0.15) is 0 Å². The van der Waals surface area contributed by atoms with E-state index in [2.05, 4.69) is 12.2 Å². The van der Waals surface area contributed by atoms with Gasteiger partial charge in [0, 0.05) is 10.6 Å². The fourth-order valence-corrected chi connectivity index (χ4v) is 2.24. The molecule has 122 valence electrons. The van der Waals surface area contributed by atoms with Gasteiger partial charge in [-0.2, -0.15) is 0 Å². The number of carbonyl (C=O) groups excluding carboxylic acids is 2. The molecule has 0 fully saturated rings. The molecule has 0 amide bonds. The number of hydrogen-bond acceptors (Lipinski definition) is 4. The summed E-state index contributed by atoms with van der Waals surface area (Å²) in [5.74, 6) is -0.473. The highest BCUT2D eigenvalue weighted by molar-refractivity contribution is 6.30. The number of halogens is 1. The number of nitrogens with one attached hydrogen (secondary N) is 1. The number of esters is 1. The van der Waals surface area contributed by atoms with Gasteiger partial charge in [-0.15, -0.1) is 0 Å². The number of ketones is 1. The van der Waals surface area contributed by atoms with Crippen molar-refractivity contribution in [3.8, 4) is 0 Å². The Hall–Kier alpha value is -1.39. The molecule has 0 aliphatic heterocycles. The lowest BCUT2D eigenvalue weighted by Gasteiger charge is -2.17. The highest BCUT2D eigenvalue weighted by Gasteiger charge is 2.23. The summed E-state index contributed by atoms with van der Waals surface area (Å²) in [6, 6.07) is 6.14. The fraction of sp³-hybridized carbons (Fsp3) is 0.529.